The zero-order valence-corrected chi connectivity index (χ0v) is 11.3. The SMILES string of the molecule is CCCC(=O)Nc1cc(OCC)ccc1OCC. The lowest BCUT2D eigenvalue weighted by Gasteiger charge is -2.13. The van der Waals surface area contributed by atoms with Crippen molar-refractivity contribution in [2.45, 2.75) is 33.6 Å². The van der Waals surface area contributed by atoms with Gasteiger partial charge >= 0.3 is 0 Å². The Balaban J connectivity index is 2.88. The Morgan fingerprint density at radius 2 is 1.89 bits per heavy atom. The van der Waals surface area contributed by atoms with Gasteiger partial charge in [-0.15, -0.1) is 0 Å². The number of ether oxygens (including phenoxy) is 2. The van der Waals surface area contributed by atoms with Gasteiger partial charge in [0.05, 0.1) is 18.9 Å². The molecule has 1 aromatic carbocycles. The average Bonchev–Trinajstić information content (AvgIpc) is 2.33. The number of benzene rings is 1. The quantitative estimate of drug-likeness (QED) is 0.809. The van der Waals surface area contributed by atoms with E-state index in [1.807, 2.05) is 32.9 Å². The van der Waals surface area contributed by atoms with Gasteiger partial charge in [0.1, 0.15) is 11.5 Å². The topological polar surface area (TPSA) is 47.6 Å². The Kier molecular flexibility index (Phi) is 6.05. The predicted molar refractivity (Wildman–Crippen MR) is 72.3 cm³/mol. The molecule has 0 aliphatic heterocycles. The van der Waals surface area contributed by atoms with Crippen LogP contribution in [-0.2, 0) is 4.79 Å². The molecule has 0 fully saturated rings. The van der Waals surface area contributed by atoms with Crippen LogP contribution in [-0.4, -0.2) is 19.1 Å². The molecule has 100 valence electrons. The molecule has 0 aliphatic carbocycles. The highest BCUT2D eigenvalue weighted by atomic mass is 16.5. The van der Waals surface area contributed by atoms with E-state index in [4.69, 9.17) is 9.47 Å². The van der Waals surface area contributed by atoms with Gasteiger partial charge in [0, 0.05) is 12.5 Å². The van der Waals surface area contributed by atoms with E-state index in [0.717, 1.165) is 12.2 Å². The number of hydrogen-bond acceptors (Lipinski definition) is 3. The van der Waals surface area contributed by atoms with Crippen LogP contribution in [0, 0.1) is 0 Å². The molecule has 0 unspecified atom stereocenters. The Morgan fingerprint density at radius 3 is 2.50 bits per heavy atom. The summed E-state index contributed by atoms with van der Waals surface area (Å²) >= 11 is 0. The number of anilines is 1. The maximum Gasteiger partial charge on any atom is 0.224 e. The molecule has 4 nitrogen and oxygen atoms in total. The van der Waals surface area contributed by atoms with Crippen molar-refractivity contribution in [1.82, 2.24) is 0 Å². The second-order valence-electron chi connectivity index (χ2n) is 3.82. The zero-order chi connectivity index (χ0) is 13.4. The van der Waals surface area contributed by atoms with Crippen molar-refractivity contribution in [3.63, 3.8) is 0 Å². The van der Waals surface area contributed by atoms with Crippen LogP contribution in [0.1, 0.15) is 33.6 Å². The smallest absolute Gasteiger partial charge is 0.224 e. The van der Waals surface area contributed by atoms with E-state index in [1.54, 1.807) is 6.07 Å². The molecule has 0 aliphatic rings. The van der Waals surface area contributed by atoms with Gasteiger partial charge in [-0.3, -0.25) is 4.79 Å². The van der Waals surface area contributed by atoms with E-state index in [2.05, 4.69) is 5.32 Å². The van der Waals surface area contributed by atoms with Crippen molar-refractivity contribution in [3.8, 4) is 11.5 Å². The first-order valence-electron chi connectivity index (χ1n) is 6.40. The van der Waals surface area contributed by atoms with Crippen molar-refractivity contribution in [1.29, 1.82) is 0 Å². The molecule has 18 heavy (non-hydrogen) atoms. The normalized spacial score (nSPS) is 9.94. The fourth-order valence-corrected chi connectivity index (χ4v) is 1.58. The van der Waals surface area contributed by atoms with Gasteiger partial charge in [-0.1, -0.05) is 6.92 Å². The molecule has 0 aromatic heterocycles. The highest BCUT2D eigenvalue weighted by molar-refractivity contribution is 5.92. The van der Waals surface area contributed by atoms with Crippen molar-refractivity contribution in [2.75, 3.05) is 18.5 Å². The monoisotopic (exact) mass is 251 g/mol. The van der Waals surface area contributed by atoms with E-state index in [-0.39, 0.29) is 5.91 Å². The summed E-state index contributed by atoms with van der Waals surface area (Å²) in [5, 5.41) is 2.85. The highest BCUT2D eigenvalue weighted by Crippen LogP contribution is 2.29. The van der Waals surface area contributed by atoms with Crippen molar-refractivity contribution in [3.05, 3.63) is 18.2 Å². The molecule has 0 spiro atoms. The molecule has 0 bridgehead atoms. The van der Waals surface area contributed by atoms with E-state index in [9.17, 15) is 4.79 Å². The van der Waals surface area contributed by atoms with Gasteiger partial charge in [0.2, 0.25) is 5.91 Å². The summed E-state index contributed by atoms with van der Waals surface area (Å²) < 4.78 is 10.9. The summed E-state index contributed by atoms with van der Waals surface area (Å²) in [4.78, 5) is 11.6. The lowest BCUT2D eigenvalue weighted by molar-refractivity contribution is -0.116. The molecule has 0 radical (unpaired) electrons. The first kappa shape index (κ1) is 14.4. The molecular formula is C14H21NO3. The van der Waals surface area contributed by atoms with E-state index < -0.39 is 0 Å². The van der Waals surface area contributed by atoms with Crippen molar-refractivity contribution >= 4 is 11.6 Å². The maximum atomic E-state index is 11.6. The first-order chi connectivity index (χ1) is 8.71. The fraction of sp³-hybridized carbons (Fsp3) is 0.500. The predicted octanol–water partition coefficient (Wildman–Crippen LogP) is 3.22. The van der Waals surface area contributed by atoms with Crippen LogP contribution in [0.5, 0.6) is 11.5 Å². The number of nitrogens with one attached hydrogen (secondary N) is 1. The zero-order valence-electron chi connectivity index (χ0n) is 11.3. The van der Waals surface area contributed by atoms with Gasteiger partial charge in [0.15, 0.2) is 0 Å². The van der Waals surface area contributed by atoms with Crippen LogP contribution in [0.15, 0.2) is 18.2 Å². The van der Waals surface area contributed by atoms with Crippen LogP contribution in [0.4, 0.5) is 5.69 Å². The minimum atomic E-state index is -0.00731. The summed E-state index contributed by atoms with van der Waals surface area (Å²) in [6.45, 7) is 6.96. The standard InChI is InChI=1S/C14H21NO3/c1-4-7-14(16)15-12-10-11(17-5-2)8-9-13(12)18-6-3/h8-10H,4-7H2,1-3H3,(H,15,16). The lowest BCUT2D eigenvalue weighted by atomic mass is 10.2. The summed E-state index contributed by atoms with van der Waals surface area (Å²) in [6.07, 6.45) is 1.32. The molecule has 1 aromatic rings. The molecule has 1 N–H and O–H groups in total. The van der Waals surface area contributed by atoms with E-state index in [0.29, 0.717) is 31.1 Å². The largest absolute Gasteiger partial charge is 0.494 e. The number of hydrogen-bond donors (Lipinski definition) is 1. The molecule has 1 rings (SSSR count). The lowest BCUT2D eigenvalue weighted by Crippen LogP contribution is -2.12. The Labute approximate surface area is 108 Å². The number of carbonyl (C=O) groups excluding carboxylic acids is 1. The van der Waals surface area contributed by atoms with Crippen molar-refractivity contribution < 1.29 is 14.3 Å². The first-order valence-corrected chi connectivity index (χ1v) is 6.40. The maximum absolute atomic E-state index is 11.6. The van der Waals surface area contributed by atoms with Crippen LogP contribution in [0.2, 0.25) is 0 Å². The van der Waals surface area contributed by atoms with Gasteiger partial charge in [-0.25, -0.2) is 0 Å². The fourth-order valence-electron chi connectivity index (χ4n) is 1.58. The molecule has 0 heterocycles. The van der Waals surface area contributed by atoms with Gasteiger partial charge in [-0.2, -0.15) is 0 Å². The number of rotatable bonds is 7. The van der Waals surface area contributed by atoms with Gasteiger partial charge < -0.3 is 14.8 Å². The van der Waals surface area contributed by atoms with Gasteiger partial charge in [0.25, 0.3) is 0 Å². The van der Waals surface area contributed by atoms with E-state index >= 15 is 0 Å². The van der Waals surface area contributed by atoms with Crippen LogP contribution in [0.25, 0.3) is 0 Å². The summed E-state index contributed by atoms with van der Waals surface area (Å²) in [5.41, 5.74) is 0.668. The average molecular weight is 251 g/mol. The molecule has 4 heteroatoms. The summed E-state index contributed by atoms with van der Waals surface area (Å²) in [5.74, 6) is 1.39. The molecule has 0 saturated heterocycles. The number of carbonyl (C=O) groups is 1. The molecule has 0 saturated carbocycles. The third-order valence-electron chi connectivity index (χ3n) is 2.31. The minimum Gasteiger partial charge on any atom is -0.494 e. The summed E-state index contributed by atoms with van der Waals surface area (Å²) in [7, 11) is 0. The Hall–Kier alpha value is -1.71. The van der Waals surface area contributed by atoms with Gasteiger partial charge in [-0.05, 0) is 32.4 Å². The van der Waals surface area contributed by atoms with Crippen LogP contribution >= 0.6 is 0 Å². The molecular weight excluding hydrogens is 230 g/mol. The number of amides is 1. The Bertz CT molecular complexity index is 391. The van der Waals surface area contributed by atoms with Crippen molar-refractivity contribution in [2.24, 2.45) is 0 Å². The second kappa shape index (κ2) is 7.58. The highest BCUT2D eigenvalue weighted by Gasteiger charge is 2.09. The third-order valence-corrected chi connectivity index (χ3v) is 2.31. The third kappa shape index (κ3) is 4.28. The van der Waals surface area contributed by atoms with Crippen LogP contribution in [0.3, 0.4) is 0 Å². The minimum absolute atomic E-state index is 0.00731. The van der Waals surface area contributed by atoms with E-state index in [1.165, 1.54) is 0 Å². The Morgan fingerprint density at radius 1 is 1.17 bits per heavy atom. The van der Waals surface area contributed by atoms with Crippen LogP contribution < -0.4 is 14.8 Å². The second-order valence-corrected chi connectivity index (χ2v) is 3.82. The molecule has 0 atom stereocenters. The summed E-state index contributed by atoms with van der Waals surface area (Å²) in [6, 6.07) is 5.45. The molecule has 1 amide bonds.